The van der Waals surface area contributed by atoms with Crippen LogP contribution in [0.4, 0.5) is 5.69 Å². The van der Waals surface area contributed by atoms with E-state index in [1.165, 1.54) is 4.90 Å². The molecule has 1 aliphatic heterocycles. The van der Waals surface area contributed by atoms with E-state index in [2.05, 4.69) is 0 Å². The Morgan fingerprint density at radius 1 is 1.50 bits per heavy atom. The van der Waals surface area contributed by atoms with Crippen molar-refractivity contribution in [1.29, 1.82) is 0 Å². The van der Waals surface area contributed by atoms with Crippen LogP contribution >= 0.6 is 0 Å². The van der Waals surface area contributed by atoms with Crippen LogP contribution in [0.3, 0.4) is 0 Å². The van der Waals surface area contributed by atoms with Crippen LogP contribution in [-0.4, -0.2) is 29.1 Å². The molecule has 0 aromatic heterocycles. The molecule has 4 N–H and O–H groups in total. The van der Waals surface area contributed by atoms with Gasteiger partial charge in [-0.25, -0.2) is 5.84 Å². The Labute approximate surface area is 116 Å². The summed E-state index contributed by atoms with van der Waals surface area (Å²) in [7, 11) is 0. The van der Waals surface area contributed by atoms with Gasteiger partial charge in [-0.05, 0) is 31.5 Å². The quantitative estimate of drug-likeness (QED) is 0.399. The van der Waals surface area contributed by atoms with Crippen LogP contribution in [-0.2, 0) is 16.2 Å². The standard InChI is InChI=1S/C13H17N3O4/c1-13(2)12(19)16(6-11(18)15-14)9-5-8(7-17)3-4-10(9)20-13/h3-5,17H,6-7,14H2,1-2H3,(H,15,18). The lowest BCUT2D eigenvalue weighted by Crippen LogP contribution is -2.55. The van der Waals surface area contributed by atoms with Gasteiger partial charge in [0.1, 0.15) is 12.3 Å². The lowest BCUT2D eigenvalue weighted by Gasteiger charge is -2.38. The molecule has 1 aliphatic rings. The molecule has 0 radical (unpaired) electrons. The maximum absolute atomic E-state index is 12.4. The van der Waals surface area contributed by atoms with E-state index in [9.17, 15) is 14.7 Å². The van der Waals surface area contributed by atoms with E-state index in [4.69, 9.17) is 10.6 Å². The van der Waals surface area contributed by atoms with Crippen molar-refractivity contribution in [2.45, 2.75) is 26.1 Å². The minimum absolute atomic E-state index is 0.165. The predicted molar refractivity (Wildman–Crippen MR) is 71.8 cm³/mol. The zero-order valence-electron chi connectivity index (χ0n) is 11.3. The van der Waals surface area contributed by atoms with Gasteiger partial charge in [-0.3, -0.25) is 19.9 Å². The van der Waals surface area contributed by atoms with Gasteiger partial charge < -0.3 is 9.84 Å². The van der Waals surface area contributed by atoms with E-state index in [0.717, 1.165) is 0 Å². The molecular formula is C13H17N3O4. The van der Waals surface area contributed by atoms with Crippen LogP contribution in [0.25, 0.3) is 0 Å². The van der Waals surface area contributed by atoms with Crippen molar-refractivity contribution in [1.82, 2.24) is 5.43 Å². The van der Waals surface area contributed by atoms with Gasteiger partial charge in [0.05, 0.1) is 12.3 Å². The minimum Gasteiger partial charge on any atom is -0.476 e. The Morgan fingerprint density at radius 2 is 2.20 bits per heavy atom. The summed E-state index contributed by atoms with van der Waals surface area (Å²) in [6, 6.07) is 4.99. The molecule has 2 rings (SSSR count). The van der Waals surface area contributed by atoms with E-state index >= 15 is 0 Å². The second-order valence-corrected chi connectivity index (χ2v) is 5.03. The lowest BCUT2D eigenvalue weighted by molar-refractivity contribution is -0.134. The molecule has 0 fully saturated rings. The first-order chi connectivity index (χ1) is 9.39. The first-order valence-corrected chi connectivity index (χ1v) is 6.13. The molecule has 0 spiro atoms. The Bertz CT molecular complexity index is 557. The van der Waals surface area contributed by atoms with Gasteiger partial charge in [0.2, 0.25) is 0 Å². The first kappa shape index (κ1) is 14.3. The number of carbonyl (C=O) groups is 2. The molecule has 2 amide bonds. The molecule has 0 unspecified atom stereocenters. The van der Waals surface area contributed by atoms with Gasteiger partial charge in [-0.15, -0.1) is 0 Å². The molecule has 1 aromatic rings. The number of hydrogen-bond donors (Lipinski definition) is 3. The second kappa shape index (κ2) is 5.10. The molecule has 0 bridgehead atoms. The number of benzene rings is 1. The highest BCUT2D eigenvalue weighted by Crippen LogP contribution is 2.38. The number of aliphatic hydroxyl groups excluding tert-OH is 1. The Morgan fingerprint density at radius 3 is 2.80 bits per heavy atom. The highest BCUT2D eigenvalue weighted by Gasteiger charge is 2.41. The molecule has 1 heterocycles. The van der Waals surface area contributed by atoms with Crippen LogP contribution in [0.1, 0.15) is 19.4 Å². The van der Waals surface area contributed by atoms with Crippen LogP contribution in [0.2, 0.25) is 0 Å². The number of rotatable bonds is 3. The fourth-order valence-electron chi connectivity index (χ4n) is 2.06. The predicted octanol–water partition coefficient (Wildman–Crippen LogP) is -0.327. The summed E-state index contributed by atoms with van der Waals surface area (Å²) in [6.45, 7) is 2.89. The SMILES string of the molecule is CC1(C)Oc2ccc(CO)cc2N(CC(=O)NN)C1=O. The van der Waals surface area contributed by atoms with Crippen LogP contribution in [0, 0.1) is 0 Å². The minimum atomic E-state index is -1.07. The molecule has 1 aromatic carbocycles. The number of nitrogens with one attached hydrogen (secondary N) is 1. The van der Waals surface area contributed by atoms with Crippen molar-refractivity contribution in [3.63, 3.8) is 0 Å². The van der Waals surface area contributed by atoms with Crippen molar-refractivity contribution in [3.05, 3.63) is 23.8 Å². The number of anilines is 1. The Kier molecular flexibility index (Phi) is 3.65. The van der Waals surface area contributed by atoms with E-state index in [1.807, 2.05) is 5.43 Å². The third-order valence-electron chi connectivity index (χ3n) is 3.08. The van der Waals surface area contributed by atoms with E-state index in [0.29, 0.717) is 17.0 Å². The highest BCUT2D eigenvalue weighted by atomic mass is 16.5. The first-order valence-electron chi connectivity index (χ1n) is 6.13. The van der Waals surface area contributed by atoms with Gasteiger partial charge >= 0.3 is 0 Å². The van der Waals surface area contributed by atoms with E-state index in [-0.39, 0.29) is 19.1 Å². The number of nitrogens with two attached hydrogens (primary N) is 1. The molecule has 7 heteroatoms. The molecule has 20 heavy (non-hydrogen) atoms. The number of hydrazine groups is 1. The van der Waals surface area contributed by atoms with Crippen molar-refractivity contribution < 1.29 is 19.4 Å². The van der Waals surface area contributed by atoms with E-state index in [1.54, 1.807) is 32.0 Å². The fourth-order valence-corrected chi connectivity index (χ4v) is 2.06. The monoisotopic (exact) mass is 279 g/mol. The third kappa shape index (κ3) is 2.45. The summed E-state index contributed by atoms with van der Waals surface area (Å²) in [4.78, 5) is 25.2. The average Bonchev–Trinajstić information content (AvgIpc) is 2.43. The summed E-state index contributed by atoms with van der Waals surface area (Å²) in [5.41, 5.74) is 2.00. The van der Waals surface area contributed by atoms with Gasteiger partial charge in [-0.2, -0.15) is 0 Å². The van der Waals surface area contributed by atoms with Crippen molar-refractivity contribution in [2.24, 2.45) is 5.84 Å². The van der Waals surface area contributed by atoms with Crippen molar-refractivity contribution >= 4 is 17.5 Å². The highest BCUT2D eigenvalue weighted by molar-refractivity contribution is 6.05. The summed E-state index contributed by atoms with van der Waals surface area (Å²) in [6.07, 6.45) is 0. The van der Waals surface area contributed by atoms with Crippen LogP contribution in [0.5, 0.6) is 5.75 Å². The van der Waals surface area contributed by atoms with Crippen LogP contribution < -0.4 is 20.9 Å². The molecule has 0 saturated carbocycles. The number of amides is 2. The van der Waals surface area contributed by atoms with Crippen molar-refractivity contribution in [2.75, 3.05) is 11.4 Å². The maximum atomic E-state index is 12.4. The lowest BCUT2D eigenvalue weighted by atomic mass is 10.0. The van der Waals surface area contributed by atoms with E-state index < -0.39 is 11.5 Å². The van der Waals surface area contributed by atoms with Gasteiger partial charge in [0.15, 0.2) is 5.60 Å². The zero-order chi connectivity index (χ0) is 14.9. The third-order valence-corrected chi connectivity index (χ3v) is 3.08. The largest absolute Gasteiger partial charge is 0.476 e. The molecule has 7 nitrogen and oxygen atoms in total. The number of fused-ring (bicyclic) bond motifs is 1. The van der Waals surface area contributed by atoms with Crippen LogP contribution in [0.15, 0.2) is 18.2 Å². The Hall–Kier alpha value is -2.12. The molecular weight excluding hydrogens is 262 g/mol. The average molecular weight is 279 g/mol. The molecule has 0 saturated heterocycles. The molecule has 0 atom stereocenters. The summed E-state index contributed by atoms with van der Waals surface area (Å²) in [5, 5.41) is 9.18. The van der Waals surface area contributed by atoms with Gasteiger partial charge in [0, 0.05) is 0 Å². The smallest absolute Gasteiger partial charge is 0.271 e. The number of hydrogen-bond acceptors (Lipinski definition) is 5. The Balaban J connectivity index is 2.47. The molecule has 0 aliphatic carbocycles. The summed E-state index contributed by atoms with van der Waals surface area (Å²) in [5.74, 6) is 4.72. The maximum Gasteiger partial charge on any atom is 0.271 e. The number of carbonyl (C=O) groups excluding carboxylic acids is 2. The summed E-state index contributed by atoms with van der Waals surface area (Å²) >= 11 is 0. The number of aliphatic hydroxyl groups is 1. The topological polar surface area (TPSA) is 105 Å². The fraction of sp³-hybridized carbons (Fsp3) is 0.385. The zero-order valence-corrected chi connectivity index (χ0v) is 11.3. The second-order valence-electron chi connectivity index (χ2n) is 5.03. The number of ether oxygens (including phenoxy) is 1. The van der Waals surface area contributed by atoms with Crippen molar-refractivity contribution in [3.8, 4) is 5.75 Å². The normalized spacial score (nSPS) is 16.4. The number of nitrogens with zero attached hydrogens (tertiary/aromatic N) is 1. The van der Waals surface area contributed by atoms with Gasteiger partial charge in [-0.1, -0.05) is 6.07 Å². The van der Waals surface area contributed by atoms with Gasteiger partial charge in [0.25, 0.3) is 11.8 Å². The molecule has 108 valence electrons. The summed E-state index contributed by atoms with van der Waals surface area (Å²) < 4.78 is 5.64.